The number of aromatic nitrogens is 1. The standard InChI is InChI=1S/C25H22BrClN2O/c26-23-7-3-1-5-19(23)15-28-25(30)14-11-20-17-29(24-8-4-2-6-22(20)24)16-18-9-12-21(27)13-10-18/h1-10,12-13,17H,11,14-16H2,(H,28,30). The summed E-state index contributed by atoms with van der Waals surface area (Å²) in [5, 5.41) is 4.96. The minimum Gasteiger partial charge on any atom is -0.352 e. The lowest BCUT2D eigenvalue weighted by Gasteiger charge is -2.07. The van der Waals surface area contributed by atoms with Gasteiger partial charge in [0, 0.05) is 46.1 Å². The van der Waals surface area contributed by atoms with Crippen LogP contribution in [-0.2, 0) is 24.3 Å². The molecule has 1 amide bonds. The predicted molar refractivity (Wildman–Crippen MR) is 127 cm³/mol. The highest BCUT2D eigenvalue weighted by Crippen LogP contribution is 2.24. The lowest BCUT2D eigenvalue weighted by Crippen LogP contribution is -2.23. The number of hydrogen-bond donors (Lipinski definition) is 1. The van der Waals surface area contributed by atoms with Crippen molar-refractivity contribution in [3.8, 4) is 0 Å². The zero-order valence-corrected chi connectivity index (χ0v) is 18.8. The SMILES string of the molecule is O=C(CCc1cn(Cc2ccc(Cl)cc2)c2ccccc12)NCc1ccccc1Br. The van der Waals surface area contributed by atoms with Crippen LogP contribution < -0.4 is 5.32 Å². The van der Waals surface area contributed by atoms with Gasteiger partial charge >= 0.3 is 0 Å². The average Bonchev–Trinajstić information content (AvgIpc) is 3.11. The number of carbonyl (C=O) groups excluding carboxylic acids is 1. The Morgan fingerprint density at radius 2 is 1.67 bits per heavy atom. The van der Waals surface area contributed by atoms with Crippen LogP contribution in [0.25, 0.3) is 10.9 Å². The summed E-state index contributed by atoms with van der Waals surface area (Å²) in [6.07, 6.45) is 3.33. The number of fused-ring (bicyclic) bond motifs is 1. The molecule has 0 aliphatic heterocycles. The number of halogens is 2. The zero-order valence-electron chi connectivity index (χ0n) is 16.4. The molecule has 30 heavy (non-hydrogen) atoms. The Morgan fingerprint density at radius 3 is 2.47 bits per heavy atom. The van der Waals surface area contributed by atoms with Crippen LogP contribution in [0.3, 0.4) is 0 Å². The van der Waals surface area contributed by atoms with Gasteiger partial charge in [0.1, 0.15) is 0 Å². The predicted octanol–water partition coefficient (Wildman–Crippen LogP) is 6.35. The topological polar surface area (TPSA) is 34.0 Å². The molecule has 3 nitrogen and oxygen atoms in total. The summed E-state index contributed by atoms with van der Waals surface area (Å²) in [6, 6.07) is 24.2. The minimum absolute atomic E-state index is 0.0558. The van der Waals surface area contributed by atoms with Crippen LogP contribution in [0.2, 0.25) is 5.02 Å². The average molecular weight is 482 g/mol. The molecule has 0 aliphatic carbocycles. The van der Waals surface area contributed by atoms with Gasteiger partial charge in [0.05, 0.1) is 0 Å². The molecule has 5 heteroatoms. The van der Waals surface area contributed by atoms with E-state index < -0.39 is 0 Å². The van der Waals surface area contributed by atoms with Gasteiger partial charge in [-0.05, 0) is 47.4 Å². The number of benzene rings is 3. The molecule has 0 atom stereocenters. The van der Waals surface area contributed by atoms with Gasteiger partial charge in [-0.25, -0.2) is 0 Å². The van der Waals surface area contributed by atoms with Crippen LogP contribution in [0.4, 0.5) is 0 Å². The Hall–Kier alpha value is -2.56. The van der Waals surface area contributed by atoms with Crippen molar-refractivity contribution in [2.45, 2.75) is 25.9 Å². The summed E-state index contributed by atoms with van der Waals surface area (Å²) >= 11 is 9.53. The number of nitrogens with zero attached hydrogens (tertiary/aromatic N) is 1. The first-order valence-electron chi connectivity index (χ1n) is 9.91. The molecule has 4 rings (SSSR count). The summed E-state index contributed by atoms with van der Waals surface area (Å²) in [5.74, 6) is 0.0558. The number of hydrogen-bond acceptors (Lipinski definition) is 1. The third kappa shape index (κ3) is 4.94. The van der Waals surface area contributed by atoms with Gasteiger partial charge in [0.15, 0.2) is 0 Å². The summed E-state index contributed by atoms with van der Waals surface area (Å²) < 4.78 is 3.25. The Morgan fingerprint density at radius 1 is 0.933 bits per heavy atom. The molecular weight excluding hydrogens is 460 g/mol. The van der Waals surface area contributed by atoms with E-state index in [0.29, 0.717) is 19.4 Å². The van der Waals surface area contributed by atoms with Crippen LogP contribution in [0.5, 0.6) is 0 Å². The smallest absolute Gasteiger partial charge is 0.220 e. The normalized spacial score (nSPS) is 11.0. The van der Waals surface area contributed by atoms with Gasteiger partial charge in [-0.3, -0.25) is 4.79 Å². The molecule has 152 valence electrons. The zero-order chi connectivity index (χ0) is 20.9. The van der Waals surface area contributed by atoms with E-state index >= 15 is 0 Å². The molecule has 1 N–H and O–H groups in total. The number of aryl methyl sites for hydroxylation is 1. The largest absolute Gasteiger partial charge is 0.352 e. The quantitative estimate of drug-likeness (QED) is 0.328. The van der Waals surface area contributed by atoms with E-state index in [-0.39, 0.29) is 5.91 Å². The van der Waals surface area contributed by atoms with Crippen molar-refractivity contribution in [1.29, 1.82) is 0 Å². The third-order valence-electron chi connectivity index (χ3n) is 5.19. The van der Waals surface area contributed by atoms with Crippen LogP contribution >= 0.6 is 27.5 Å². The highest BCUT2D eigenvalue weighted by atomic mass is 79.9. The summed E-state index contributed by atoms with van der Waals surface area (Å²) in [7, 11) is 0. The van der Waals surface area contributed by atoms with Crippen molar-refractivity contribution in [1.82, 2.24) is 9.88 Å². The Balaban J connectivity index is 1.44. The van der Waals surface area contributed by atoms with E-state index in [1.165, 1.54) is 22.0 Å². The van der Waals surface area contributed by atoms with E-state index in [9.17, 15) is 4.79 Å². The van der Waals surface area contributed by atoms with E-state index in [0.717, 1.165) is 21.6 Å². The number of nitrogens with one attached hydrogen (secondary N) is 1. The maximum Gasteiger partial charge on any atom is 0.220 e. The minimum atomic E-state index is 0.0558. The molecule has 0 saturated heterocycles. The second kappa shape index (κ2) is 9.50. The molecule has 1 heterocycles. The number of para-hydroxylation sites is 1. The van der Waals surface area contributed by atoms with E-state index in [2.05, 4.69) is 50.2 Å². The van der Waals surface area contributed by atoms with E-state index in [1.54, 1.807) is 0 Å². The Bertz CT molecular complexity index is 1170. The van der Waals surface area contributed by atoms with Gasteiger partial charge in [0.2, 0.25) is 5.91 Å². The van der Waals surface area contributed by atoms with Gasteiger partial charge in [-0.2, -0.15) is 0 Å². The Kier molecular flexibility index (Phi) is 6.56. The van der Waals surface area contributed by atoms with E-state index in [4.69, 9.17) is 11.6 Å². The lowest BCUT2D eigenvalue weighted by atomic mass is 10.1. The van der Waals surface area contributed by atoms with Gasteiger partial charge < -0.3 is 9.88 Å². The molecule has 3 aromatic carbocycles. The fraction of sp³-hybridized carbons (Fsp3) is 0.160. The molecular formula is C25H22BrClN2O. The maximum atomic E-state index is 12.4. The van der Waals surface area contributed by atoms with Gasteiger partial charge in [-0.1, -0.05) is 76.1 Å². The summed E-state index contributed by atoms with van der Waals surface area (Å²) in [5.41, 5.74) is 4.63. The van der Waals surface area contributed by atoms with Gasteiger partial charge in [0.25, 0.3) is 0 Å². The fourth-order valence-corrected chi connectivity index (χ4v) is 4.16. The monoisotopic (exact) mass is 480 g/mol. The molecule has 0 fully saturated rings. The second-order valence-corrected chi connectivity index (χ2v) is 8.58. The van der Waals surface area contributed by atoms with Crippen molar-refractivity contribution >= 4 is 44.3 Å². The molecule has 0 radical (unpaired) electrons. The van der Waals surface area contributed by atoms with Crippen LogP contribution in [0.15, 0.2) is 83.5 Å². The summed E-state index contributed by atoms with van der Waals surface area (Å²) in [4.78, 5) is 12.4. The van der Waals surface area contributed by atoms with Crippen molar-refractivity contribution in [3.63, 3.8) is 0 Å². The molecule has 0 aliphatic rings. The molecule has 0 bridgehead atoms. The molecule has 4 aromatic rings. The molecule has 0 saturated carbocycles. The number of carbonyl (C=O) groups is 1. The highest BCUT2D eigenvalue weighted by molar-refractivity contribution is 9.10. The summed E-state index contributed by atoms with van der Waals surface area (Å²) in [6.45, 7) is 1.30. The first kappa shape index (κ1) is 20.7. The van der Waals surface area contributed by atoms with Crippen LogP contribution in [-0.4, -0.2) is 10.5 Å². The third-order valence-corrected chi connectivity index (χ3v) is 6.22. The van der Waals surface area contributed by atoms with Crippen LogP contribution in [0, 0.1) is 0 Å². The first-order valence-corrected chi connectivity index (χ1v) is 11.1. The van der Waals surface area contributed by atoms with Crippen molar-refractivity contribution in [2.75, 3.05) is 0 Å². The van der Waals surface area contributed by atoms with Crippen molar-refractivity contribution in [3.05, 3.63) is 105 Å². The number of amides is 1. The maximum absolute atomic E-state index is 12.4. The molecule has 0 unspecified atom stereocenters. The van der Waals surface area contributed by atoms with Gasteiger partial charge in [-0.15, -0.1) is 0 Å². The van der Waals surface area contributed by atoms with Crippen molar-refractivity contribution < 1.29 is 4.79 Å². The van der Waals surface area contributed by atoms with E-state index in [1.807, 2.05) is 54.6 Å². The second-order valence-electron chi connectivity index (χ2n) is 7.29. The first-order chi connectivity index (χ1) is 14.6. The molecule has 0 spiro atoms. The molecule has 1 aromatic heterocycles. The fourth-order valence-electron chi connectivity index (χ4n) is 3.61. The van der Waals surface area contributed by atoms with Crippen molar-refractivity contribution in [2.24, 2.45) is 0 Å². The van der Waals surface area contributed by atoms with Crippen LogP contribution in [0.1, 0.15) is 23.1 Å². The number of rotatable bonds is 7. The highest BCUT2D eigenvalue weighted by Gasteiger charge is 2.11. The lowest BCUT2D eigenvalue weighted by molar-refractivity contribution is -0.121. The Labute approximate surface area is 189 Å².